The van der Waals surface area contributed by atoms with Gasteiger partial charge in [0.15, 0.2) is 0 Å². The third-order valence-electron chi connectivity index (χ3n) is 2.18. The molecule has 2 aromatic rings. The van der Waals surface area contributed by atoms with Gasteiger partial charge in [0.1, 0.15) is 5.82 Å². The number of anilines is 1. The van der Waals surface area contributed by atoms with Gasteiger partial charge in [0.05, 0.1) is 22.9 Å². The van der Waals surface area contributed by atoms with Crippen LogP contribution in [0.2, 0.25) is 5.02 Å². The standard InChI is InChI=1S/C12H9BrClFN2/c13-8-1-3-10(16-6-8)7-17-12-5-9(15)2-4-11(12)14/h1-6,17H,7H2. The first kappa shape index (κ1) is 12.3. The minimum Gasteiger partial charge on any atom is -0.378 e. The average molecular weight is 316 g/mol. The van der Waals surface area contributed by atoms with E-state index in [9.17, 15) is 4.39 Å². The second-order valence-corrected chi connectivity index (χ2v) is 4.77. The van der Waals surface area contributed by atoms with E-state index < -0.39 is 0 Å². The summed E-state index contributed by atoms with van der Waals surface area (Å²) in [6.07, 6.45) is 1.71. The van der Waals surface area contributed by atoms with Gasteiger partial charge in [-0.15, -0.1) is 0 Å². The molecule has 1 aromatic heterocycles. The fourth-order valence-electron chi connectivity index (χ4n) is 1.33. The maximum Gasteiger partial charge on any atom is 0.125 e. The van der Waals surface area contributed by atoms with Gasteiger partial charge in [-0.2, -0.15) is 0 Å². The number of halogens is 3. The number of nitrogens with one attached hydrogen (secondary N) is 1. The summed E-state index contributed by atoms with van der Waals surface area (Å²) in [5.41, 5.74) is 1.42. The Morgan fingerprint density at radius 1 is 1.29 bits per heavy atom. The molecule has 1 N–H and O–H groups in total. The van der Waals surface area contributed by atoms with Crippen LogP contribution in [-0.2, 0) is 6.54 Å². The fraction of sp³-hybridized carbons (Fsp3) is 0.0833. The number of hydrogen-bond acceptors (Lipinski definition) is 2. The van der Waals surface area contributed by atoms with Gasteiger partial charge in [-0.1, -0.05) is 11.6 Å². The van der Waals surface area contributed by atoms with Crippen molar-refractivity contribution in [3.8, 4) is 0 Å². The average Bonchev–Trinajstić information content (AvgIpc) is 2.32. The lowest BCUT2D eigenvalue weighted by Crippen LogP contribution is -2.02. The Morgan fingerprint density at radius 2 is 2.12 bits per heavy atom. The monoisotopic (exact) mass is 314 g/mol. The molecule has 0 spiro atoms. The van der Waals surface area contributed by atoms with Crippen LogP contribution in [0.5, 0.6) is 0 Å². The first-order valence-corrected chi connectivity index (χ1v) is 6.11. The van der Waals surface area contributed by atoms with E-state index in [4.69, 9.17) is 11.6 Å². The first-order valence-electron chi connectivity index (χ1n) is 4.94. The Balaban J connectivity index is 2.07. The molecule has 0 saturated heterocycles. The van der Waals surface area contributed by atoms with Crippen LogP contribution in [0.4, 0.5) is 10.1 Å². The summed E-state index contributed by atoms with van der Waals surface area (Å²) in [6.45, 7) is 0.496. The molecule has 88 valence electrons. The Labute approximate surface area is 112 Å². The third-order valence-corrected chi connectivity index (χ3v) is 2.98. The summed E-state index contributed by atoms with van der Waals surface area (Å²) in [7, 11) is 0. The molecule has 2 nitrogen and oxygen atoms in total. The van der Waals surface area contributed by atoms with Crippen molar-refractivity contribution in [1.29, 1.82) is 0 Å². The van der Waals surface area contributed by atoms with Crippen molar-refractivity contribution in [2.24, 2.45) is 0 Å². The third kappa shape index (κ3) is 3.41. The van der Waals surface area contributed by atoms with Crippen LogP contribution in [0.15, 0.2) is 41.0 Å². The molecule has 0 aliphatic heterocycles. The van der Waals surface area contributed by atoms with Crippen molar-refractivity contribution in [3.05, 3.63) is 57.5 Å². The molecule has 0 bridgehead atoms. The predicted molar refractivity (Wildman–Crippen MR) is 70.7 cm³/mol. The lowest BCUT2D eigenvalue weighted by atomic mass is 10.3. The molecule has 17 heavy (non-hydrogen) atoms. The SMILES string of the molecule is Fc1ccc(Cl)c(NCc2ccc(Br)cn2)c1. The Hall–Kier alpha value is -1.13. The molecule has 0 fully saturated rings. The van der Waals surface area contributed by atoms with Crippen molar-refractivity contribution >= 4 is 33.2 Å². The van der Waals surface area contributed by atoms with Gasteiger partial charge in [0.2, 0.25) is 0 Å². The summed E-state index contributed by atoms with van der Waals surface area (Å²) in [4.78, 5) is 4.20. The highest BCUT2D eigenvalue weighted by molar-refractivity contribution is 9.10. The van der Waals surface area contributed by atoms with E-state index >= 15 is 0 Å². The summed E-state index contributed by atoms with van der Waals surface area (Å²) in [6, 6.07) is 7.99. The molecule has 0 amide bonds. The van der Waals surface area contributed by atoms with Gasteiger partial charge in [0.25, 0.3) is 0 Å². The maximum absolute atomic E-state index is 13.0. The summed E-state index contributed by atoms with van der Waals surface area (Å²) < 4.78 is 13.9. The van der Waals surface area contributed by atoms with E-state index in [0.29, 0.717) is 17.3 Å². The second-order valence-electron chi connectivity index (χ2n) is 3.45. The van der Waals surface area contributed by atoms with Gasteiger partial charge >= 0.3 is 0 Å². The van der Waals surface area contributed by atoms with Crippen molar-refractivity contribution in [2.75, 3.05) is 5.32 Å². The minimum atomic E-state index is -0.319. The van der Waals surface area contributed by atoms with Crippen LogP contribution < -0.4 is 5.32 Å². The number of rotatable bonds is 3. The zero-order valence-corrected chi connectivity index (χ0v) is 11.1. The number of benzene rings is 1. The van der Waals surface area contributed by atoms with Crippen LogP contribution in [-0.4, -0.2) is 4.98 Å². The molecule has 2 rings (SSSR count). The zero-order chi connectivity index (χ0) is 12.3. The number of nitrogens with zero attached hydrogens (tertiary/aromatic N) is 1. The molecule has 0 unspecified atom stereocenters. The maximum atomic E-state index is 13.0. The molecule has 5 heteroatoms. The fourth-order valence-corrected chi connectivity index (χ4v) is 1.75. The molecule has 0 radical (unpaired) electrons. The summed E-state index contributed by atoms with van der Waals surface area (Å²) in [5.74, 6) is -0.319. The highest BCUT2D eigenvalue weighted by atomic mass is 79.9. The number of aromatic nitrogens is 1. The van der Waals surface area contributed by atoms with Gasteiger partial charge in [-0.25, -0.2) is 4.39 Å². The molecular formula is C12H9BrClFN2. The van der Waals surface area contributed by atoms with Gasteiger partial charge < -0.3 is 5.32 Å². The van der Waals surface area contributed by atoms with E-state index in [1.165, 1.54) is 18.2 Å². The van der Waals surface area contributed by atoms with Gasteiger partial charge in [-0.3, -0.25) is 4.98 Å². The Bertz CT molecular complexity index is 516. The van der Waals surface area contributed by atoms with Gasteiger partial charge in [0, 0.05) is 10.7 Å². The van der Waals surface area contributed by atoms with Gasteiger partial charge in [-0.05, 0) is 46.3 Å². The Morgan fingerprint density at radius 3 is 2.82 bits per heavy atom. The molecular weight excluding hydrogens is 307 g/mol. The molecule has 0 aliphatic carbocycles. The van der Waals surface area contributed by atoms with Crippen LogP contribution >= 0.6 is 27.5 Å². The largest absolute Gasteiger partial charge is 0.378 e. The molecule has 0 atom stereocenters. The summed E-state index contributed by atoms with van der Waals surface area (Å²) in [5, 5.41) is 3.53. The molecule has 1 aromatic carbocycles. The predicted octanol–water partition coefficient (Wildman–Crippen LogP) is 4.25. The lowest BCUT2D eigenvalue weighted by molar-refractivity contribution is 0.628. The van der Waals surface area contributed by atoms with Crippen molar-refractivity contribution in [1.82, 2.24) is 4.98 Å². The van der Waals surface area contributed by atoms with Crippen LogP contribution in [0.1, 0.15) is 5.69 Å². The van der Waals surface area contributed by atoms with E-state index in [0.717, 1.165) is 10.2 Å². The molecule has 1 heterocycles. The number of pyridine rings is 1. The zero-order valence-electron chi connectivity index (χ0n) is 8.75. The van der Waals surface area contributed by atoms with Crippen LogP contribution in [0, 0.1) is 5.82 Å². The van der Waals surface area contributed by atoms with E-state index in [1.54, 1.807) is 6.20 Å². The summed E-state index contributed by atoms with van der Waals surface area (Å²) >= 11 is 9.24. The van der Waals surface area contributed by atoms with E-state index in [2.05, 4.69) is 26.2 Å². The van der Waals surface area contributed by atoms with E-state index in [-0.39, 0.29) is 5.82 Å². The van der Waals surface area contributed by atoms with Crippen molar-refractivity contribution in [3.63, 3.8) is 0 Å². The normalized spacial score (nSPS) is 10.3. The highest BCUT2D eigenvalue weighted by Crippen LogP contribution is 2.22. The molecule has 0 saturated carbocycles. The highest BCUT2D eigenvalue weighted by Gasteiger charge is 2.02. The quantitative estimate of drug-likeness (QED) is 0.916. The smallest absolute Gasteiger partial charge is 0.125 e. The Kier molecular flexibility index (Phi) is 3.97. The van der Waals surface area contributed by atoms with Crippen molar-refractivity contribution in [2.45, 2.75) is 6.54 Å². The molecule has 0 aliphatic rings. The van der Waals surface area contributed by atoms with Crippen molar-refractivity contribution < 1.29 is 4.39 Å². The lowest BCUT2D eigenvalue weighted by Gasteiger charge is -2.08. The van der Waals surface area contributed by atoms with E-state index in [1.807, 2.05) is 12.1 Å². The van der Waals surface area contributed by atoms with Crippen LogP contribution in [0.3, 0.4) is 0 Å². The topological polar surface area (TPSA) is 24.9 Å². The first-order chi connectivity index (χ1) is 8.15. The number of hydrogen-bond donors (Lipinski definition) is 1. The van der Waals surface area contributed by atoms with Crippen LogP contribution in [0.25, 0.3) is 0 Å². The minimum absolute atomic E-state index is 0.319. The second kappa shape index (κ2) is 5.47.